The number of hydrogen-bond acceptors (Lipinski definition) is 6. The summed E-state index contributed by atoms with van der Waals surface area (Å²) < 4.78 is 26.3. The number of halogens is 1. The third-order valence-electron chi connectivity index (χ3n) is 4.21. The van der Waals surface area contributed by atoms with Gasteiger partial charge in [0, 0.05) is 6.54 Å². The van der Waals surface area contributed by atoms with Crippen LogP contribution >= 0.6 is 11.8 Å². The summed E-state index contributed by atoms with van der Waals surface area (Å²) in [6.45, 7) is 1.98. The lowest BCUT2D eigenvalue weighted by Crippen LogP contribution is -2.54. The first-order valence-corrected chi connectivity index (χ1v) is 9.08. The molecular formula is C17H19FN2O5S. The van der Waals surface area contributed by atoms with Gasteiger partial charge in [0.15, 0.2) is 17.6 Å². The minimum absolute atomic E-state index is 0.136. The number of nitrogens with zero attached hydrogens (tertiary/aromatic N) is 2. The highest BCUT2D eigenvalue weighted by Gasteiger charge is 2.51. The first kappa shape index (κ1) is 18.8. The van der Waals surface area contributed by atoms with Gasteiger partial charge in [0.1, 0.15) is 23.7 Å². The fourth-order valence-corrected chi connectivity index (χ4v) is 4.14. The lowest BCUT2D eigenvalue weighted by atomic mass is 10.00. The zero-order chi connectivity index (χ0) is 18.7. The molecule has 7 nitrogen and oxygen atoms in total. The number of ether oxygens (including phenoxy) is 2. The summed E-state index contributed by atoms with van der Waals surface area (Å²) in [4.78, 5) is 27.8. The first-order chi connectivity index (χ1) is 12.5. The molecule has 26 heavy (non-hydrogen) atoms. The number of fused-ring (bicyclic) bond motifs is 1. The molecule has 0 bridgehead atoms. The van der Waals surface area contributed by atoms with Crippen LogP contribution in [0.15, 0.2) is 35.3 Å². The van der Waals surface area contributed by atoms with Gasteiger partial charge in [0.25, 0.3) is 0 Å². The Balaban J connectivity index is 1.74. The summed E-state index contributed by atoms with van der Waals surface area (Å²) in [7, 11) is 0. The number of amidine groups is 1. The van der Waals surface area contributed by atoms with E-state index in [4.69, 9.17) is 9.47 Å². The predicted octanol–water partition coefficient (Wildman–Crippen LogP) is 2.31. The van der Waals surface area contributed by atoms with Crippen molar-refractivity contribution in [1.82, 2.24) is 4.90 Å². The minimum Gasteiger partial charge on any atom is -0.465 e. The molecular weight excluding hydrogens is 363 g/mol. The molecule has 1 aromatic carbocycles. The van der Waals surface area contributed by atoms with Crippen molar-refractivity contribution in [2.75, 3.05) is 6.54 Å². The van der Waals surface area contributed by atoms with Crippen LogP contribution in [0, 0.1) is 0 Å². The van der Waals surface area contributed by atoms with Crippen molar-refractivity contribution < 1.29 is 28.6 Å². The maximum atomic E-state index is 15.0. The number of aliphatic imine (C=N–C) groups is 1. The van der Waals surface area contributed by atoms with Gasteiger partial charge in [0.2, 0.25) is 0 Å². The number of carbonyl (C=O) groups excluding carboxylic acids is 1. The molecule has 3 rings (SSSR count). The smallest absolute Gasteiger partial charge is 0.413 e. The number of carbonyl (C=O) groups is 2. The third-order valence-corrected chi connectivity index (χ3v) is 5.37. The molecule has 0 unspecified atom stereocenters. The number of alkyl halides is 1. The van der Waals surface area contributed by atoms with Crippen molar-refractivity contribution >= 4 is 29.3 Å². The predicted molar refractivity (Wildman–Crippen MR) is 93.9 cm³/mol. The van der Waals surface area contributed by atoms with Crippen LogP contribution in [0.25, 0.3) is 0 Å². The van der Waals surface area contributed by atoms with E-state index < -0.39 is 36.0 Å². The van der Waals surface area contributed by atoms with Crippen LogP contribution in [-0.4, -0.2) is 64.0 Å². The van der Waals surface area contributed by atoms with Crippen LogP contribution in [0.3, 0.4) is 0 Å². The van der Waals surface area contributed by atoms with Crippen molar-refractivity contribution in [1.29, 1.82) is 0 Å². The molecule has 0 aromatic heterocycles. The Morgan fingerprint density at radius 1 is 1.46 bits per heavy atom. The van der Waals surface area contributed by atoms with Gasteiger partial charge >= 0.3 is 6.09 Å². The van der Waals surface area contributed by atoms with Gasteiger partial charge in [-0.05, 0) is 12.5 Å². The van der Waals surface area contributed by atoms with Crippen molar-refractivity contribution in [2.45, 2.75) is 43.4 Å². The van der Waals surface area contributed by atoms with Gasteiger partial charge in [-0.1, -0.05) is 42.1 Å². The maximum absolute atomic E-state index is 15.0. The van der Waals surface area contributed by atoms with E-state index in [0.717, 1.165) is 22.2 Å². The van der Waals surface area contributed by atoms with Crippen LogP contribution in [-0.2, 0) is 20.9 Å². The zero-order valence-corrected chi connectivity index (χ0v) is 14.8. The number of aldehydes is 1. The van der Waals surface area contributed by atoms with Gasteiger partial charge in [-0.3, -0.25) is 9.89 Å². The average molecular weight is 382 g/mol. The molecule has 2 aliphatic heterocycles. The molecule has 5 atom stereocenters. The second-order valence-corrected chi connectivity index (χ2v) is 6.92. The Bertz CT molecular complexity index is 689. The van der Waals surface area contributed by atoms with Crippen LogP contribution in [0.1, 0.15) is 12.5 Å². The molecule has 1 fully saturated rings. The fraction of sp³-hybridized carbons (Fsp3) is 0.471. The summed E-state index contributed by atoms with van der Waals surface area (Å²) in [6, 6.07) is 8.29. The Labute approximate surface area is 154 Å². The van der Waals surface area contributed by atoms with E-state index in [1.807, 2.05) is 30.3 Å². The van der Waals surface area contributed by atoms with E-state index in [0.29, 0.717) is 6.29 Å². The second kappa shape index (κ2) is 8.15. The molecule has 140 valence electrons. The van der Waals surface area contributed by atoms with Crippen molar-refractivity contribution in [3.63, 3.8) is 0 Å². The molecule has 1 amide bonds. The highest BCUT2D eigenvalue weighted by atomic mass is 32.2. The van der Waals surface area contributed by atoms with Gasteiger partial charge in [0.05, 0.1) is 6.61 Å². The Morgan fingerprint density at radius 2 is 2.19 bits per heavy atom. The number of carboxylic acid groups (broad SMARTS) is 1. The SMILES string of the molecule is CCN(C(=O)O)C1=N[C@@H]2[C@@H](F)[C@H](OCc3ccccc3)[C@@H](C=O)O[C@@H]2S1. The zero-order valence-electron chi connectivity index (χ0n) is 14.0. The van der Waals surface area contributed by atoms with E-state index in [1.54, 1.807) is 6.92 Å². The second-order valence-electron chi connectivity index (χ2n) is 5.86. The number of thioether (sulfide) groups is 1. The highest BCUT2D eigenvalue weighted by Crippen LogP contribution is 2.39. The van der Waals surface area contributed by atoms with Crippen molar-refractivity contribution in [3.8, 4) is 0 Å². The molecule has 1 saturated heterocycles. The van der Waals surface area contributed by atoms with E-state index >= 15 is 4.39 Å². The molecule has 2 aliphatic rings. The number of rotatable bonds is 5. The molecule has 0 radical (unpaired) electrons. The summed E-state index contributed by atoms with van der Waals surface area (Å²) in [5.74, 6) is 0. The van der Waals surface area contributed by atoms with Gasteiger partial charge in [-0.2, -0.15) is 0 Å². The number of amides is 1. The lowest BCUT2D eigenvalue weighted by Gasteiger charge is -2.37. The molecule has 1 N–H and O–H groups in total. The van der Waals surface area contributed by atoms with E-state index in [9.17, 15) is 14.7 Å². The summed E-state index contributed by atoms with van der Waals surface area (Å²) in [5, 5.41) is 9.38. The largest absolute Gasteiger partial charge is 0.465 e. The van der Waals surface area contributed by atoms with Gasteiger partial charge in [-0.25, -0.2) is 9.18 Å². The third kappa shape index (κ3) is 3.74. The Hall–Kier alpha value is -1.97. The molecule has 0 saturated carbocycles. The highest BCUT2D eigenvalue weighted by molar-refractivity contribution is 8.14. The van der Waals surface area contributed by atoms with Gasteiger partial charge < -0.3 is 19.4 Å². The standard InChI is InChI=1S/C17H19FN2O5S/c1-2-20(17(22)23)16-19-13-12(18)14(11(8-21)25-15(13)26-16)24-9-10-6-4-3-5-7-10/h3-8,11-15H,2,9H2,1H3,(H,22,23)/t11-,12-,13-,14-,15-/m1/s1. The Morgan fingerprint density at radius 3 is 2.81 bits per heavy atom. The average Bonchev–Trinajstić information content (AvgIpc) is 3.05. The monoisotopic (exact) mass is 382 g/mol. The van der Waals surface area contributed by atoms with Crippen molar-refractivity contribution in [3.05, 3.63) is 35.9 Å². The normalized spacial score (nSPS) is 30.4. The van der Waals surface area contributed by atoms with E-state index in [-0.39, 0.29) is 18.3 Å². The quantitative estimate of drug-likeness (QED) is 0.786. The minimum atomic E-state index is -1.58. The van der Waals surface area contributed by atoms with Gasteiger partial charge in [-0.15, -0.1) is 0 Å². The Kier molecular flexibility index (Phi) is 5.90. The van der Waals surface area contributed by atoms with E-state index in [2.05, 4.69) is 4.99 Å². The van der Waals surface area contributed by atoms with Crippen LogP contribution < -0.4 is 0 Å². The number of benzene rings is 1. The summed E-state index contributed by atoms with van der Waals surface area (Å²) in [6.07, 6.45) is -4.40. The van der Waals surface area contributed by atoms with E-state index in [1.165, 1.54) is 0 Å². The van der Waals surface area contributed by atoms with Crippen molar-refractivity contribution in [2.24, 2.45) is 4.99 Å². The molecule has 1 aromatic rings. The molecule has 0 spiro atoms. The number of hydrogen-bond donors (Lipinski definition) is 1. The summed E-state index contributed by atoms with van der Waals surface area (Å²) >= 11 is 1.01. The topological polar surface area (TPSA) is 88.4 Å². The van der Waals surface area contributed by atoms with Crippen LogP contribution in [0.4, 0.5) is 9.18 Å². The van der Waals surface area contributed by atoms with Crippen LogP contribution in [0.2, 0.25) is 0 Å². The van der Waals surface area contributed by atoms with Crippen LogP contribution in [0.5, 0.6) is 0 Å². The lowest BCUT2D eigenvalue weighted by molar-refractivity contribution is -0.164. The fourth-order valence-electron chi connectivity index (χ4n) is 2.88. The first-order valence-electron chi connectivity index (χ1n) is 8.20. The molecule has 9 heteroatoms. The molecule has 2 heterocycles. The summed E-state index contributed by atoms with van der Waals surface area (Å²) in [5.41, 5.74) is 0.0969. The molecule has 0 aliphatic carbocycles. The maximum Gasteiger partial charge on any atom is 0.413 e.